The van der Waals surface area contributed by atoms with Gasteiger partial charge in [-0.2, -0.15) is 0 Å². The summed E-state index contributed by atoms with van der Waals surface area (Å²) in [6.45, 7) is 1.12. The summed E-state index contributed by atoms with van der Waals surface area (Å²) in [5.41, 5.74) is 1.13. The molecule has 3 rings (SSSR count). The molecule has 0 bridgehead atoms. The zero-order valence-corrected chi connectivity index (χ0v) is 12.6. The molecule has 3 heteroatoms. The van der Waals surface area contributed by atoms with E-state index >= 15 is 0 Å². The van der Waals surface area contributed by atoms with Gasteiger partial charge in [-0.1, -0.05) is 50.1 Å². The topological polar surface area (TPSA) is 38.1 Å². The molecule has 1 aliphatic carbocycles. The van der Waals surface area contributed by atoms with Gasteiger partial charge in [0.1, 0.15) is 11.5 Å². The van der Waals surface area contributed by atoms with Crippen LogP contribution >= 0.6 is 0 Å². The van der Waals surface area contributed by atoms with Crippen molar-refractivity contribution in [2.75, 3.05) is 6.54 Å². The van der Waals surface area contributed by atoms with Gasteiger partial charge in [-0.25, -0.2) is 0 Å². The maximum atomic E-state index is 5.69. The summed E-state index contributed by atoms with van der Waals surface area (Å²) in [5, 5.41) is 7.84. The van der Waals surface area contributed by atoms with Crippen LogP contribution in [0.5, 0.6) is 0 Å². The second-order valence-electron chi connectivity index (χ2n) is 6.55. The van der Waals surface area contributed by atoms with E-state index in [9.17, 15) is 0 Å². The van der Waals surface area contributed by atoms with E-state index in [-0.39, 0.29) is 0 Å². The smallest absolute Gasteiger partial charge is 0.140 e. The van der Waals surface area contributed by atoms with Crippen molar-refractivity contribution in [3.05, 3.63) is 17.5 Å². The monoisotopic (exact) mass is 276 g/mol. The number of hydrogen-bond donors (Lipinski definition) is 1. The summed E-state index contributed by atoms with van der Waals surface area (Å²) >= 11 is 0. The van der Waals surface area contributed by atoms with Crippen molar-refractivity contribution in [1.82, 2.24) is 10.5 Å². The van der Waals surface area contributed by atoms with Crippen molar-refractivity contribution >= 4 is 0 Å². The van der Waals surface area contributed by atoms with Gasteiger partial charge in [-0.3, -0.25) is 0 Å². The van der Waals surface area contributed by atoms with Gasteiger partial charge in [0.2, 0.25) is 0 Å². The molecule has 0 radical (unpaired) electrons. The molecule has 20 heavy (non-hydrogen) atoms. The highest BCUT2D eigenvalue weighted by Gasteiger charge is 2.23. The molecule has 112 valence electrons. The zero-order valence-electron chi connectivity index (χ0n) is 12.6. The molecule has 1 atom stereocenters. The molecule has 0 amide bonds. The maximum absolute atomic E-state index is 5.69. The molecule has 1 aromatic heterocycles. The van der Waals surface area contributed by atoms with Crippen molar-refractivity contribution in [2.24, 2.45) is 0 Å². The number of nitrogens with one attached hydrogen (secondary N) is 1. The SMILES string of the molecule is c1c(C2CCCN2)noc1C1CCCCCCCCC1. The third-order valence-corrected chi connectivity index (χ3v) is 4.97. The van der Waals surface area contributed by atoms with Gasteiger partial charge in [0.15, 0.2) is 0 Å². The largest absolute Gasteiger partial charge is 0.361 e. The average molecular weight is 276 g/mol. The Hall–Kier alpha value is -0.830. The minimum atomic E-state index is 0.437. The standard InChI is InChI=1S/C17H28N2O/c1-2-4-6-9-14(10-7-5-3-1)17-13-16(19-20-17)15-11-8-12-18-15/h13-15,18H,1-12H2. The Balaban J connectivity index is 1.62. The van der Waals surface area contributed by atoms with E-state index in [1.54, 1.807) is 0 Å². The Morgan fingerprint density at radius 1 is 0.900 bits per heavy atom. The summed E-state index contributed by atoms with van der Waals surface area (Å²) in [4.78, 5) is 0. The molecule has 1 saturated carbocycles. The van der Waals surface area contributed by atoms with E-state index in [0.717, 1.165) is 18.0 Å². The lowest BCUT2D eigenvalue weighted by molar-refractivity contribution is 0.327. The fourth-order valence-electron chi connectivity index (χ4n) is 3.69. The molecule has 0 spiro atoms. The van der Waals surface area contributed by atoms with Crippen LogP contribution in [0, 0.1) is 0 Å². The fraction of sp³-hybridized carbons (Fsp3) is 0.824. The zero-order chi connectivity index (χ0) is 13.6. The van der Waals surface area contributed by atoms with Crippen LogP contribution < -0.4 is 5.32 Å². The van der Waals surface area contributed by atoms with Gasteiger partial charge in [0.25, 0.3) is 0 Å². The van der Waals surface area contributed by atoms with Gasteiger partial charge in [-0.15, -0.1) is 0 Å². The van der Waals surface area contributed by atoms with Gasteiger partial charge < -0.3 is 9.84 Å². The lowest BCUT2D eigenvalue weighted by Crippen LogP contribution is -2.12. The second kappa shape index (κ2) is 7.26. The summed E-state index contributed by atoms with van der Waals surface area (Å²) in [7, 11) is 0. The summed E-state index contributed by atoms with van der Waals surface area (Å²) in [6.07, 6.45) is 14.8. The van der Waals surface area contributed by atoms with Crippen molar-refractivity contribution in [3.63, 3.8) is 0 Å². The molecule has 0 aromatic carbocycles. The summed E-state index contributed by atoms with van der Waals surface area (Å²) < 4.78 is 5.69. The van der Waals surface area contributed by atoms with Crippen LogP contribution in [0.1, 0.15) is 94.0 Å². The number of hydrogen-bond acceptors (Lipinski definition) is 3. The second-order valence-corrected chi connectivity index (χ2v) is 6.55. The average Bonchev–Trinajstić information content (AvgIpc) is 3.15. The fourth-order valence-corrected chi connectivity index (χ4v) is 3.69. The molecule has 1 unspecified atom stereocenters. The molecule has 2 aliphatic rings. The van der Waals surface area contributed by atoms with E-state index in [2.05, 4.69) is 16.5 Å². The Bertz CT molecular complexity index is 385. The van der Waals surface area contributed by atoms with Crippen LogP contribution in [0.3, 0.4) is 0 Å². The summed E-state index contributed by atoms with van der Waals surface area (Å²) in [5.74, 6) is 1.75. The van der Waals surface area contributed by atoms with Crippen LogP contribution in [-0.2, 0) is 0 Å². The Morgan fingerprint density at radius 3 is 2.25 bits per heavy atom. The van der Waals surface area contributed by atoms with Gasteiger partial charge in [0, 0.05) is 12.0 Å². The summed E-state index contributed by atoms with van der Waals surface area (Å²) in [6, 6.07) is 2.67. The van der Waals surface area contributed by atoms with E-state index in [0.29, 0.717) is 12.0 Å². The first kappa shape index (κ1) is 14.1. The number of aromatic nitrogens is 1. The van der Waals surface area contributed by atoms with E-state index in [4.69, 9.17) is 4.52 Å². The maximum Gasteiger partial charge on any atom is 0.140 e. The molecule has 1 saturated heterocycles. The normalized spacial score (nSPS) is 26.7. The van der Waals surface area contributed by atoms with E-state index in [1.165, 1.54) is 70.6 Å². The molecular weight excluding hydrogens is 248 g/mol. The Kier molecular flexibility index (Phi) is 5.12. The van der Waals surface area contributed by atoms with Gasteiger partial charge in [-0.05, 0) is 32.2 Å². The molecule has 2 heterocycles. The third kappa shape index (κ3) is 3.63. The van der Waals surface area contributed by atoms with Crippen LogP contribution in [0.25, 0.3) is 0 Å². The number of rotatable bonds is 2. The lowest BCUT2D eigenvalue weighted by Gasteiger charge is -2.15. The highest BCUT2D eigenvalue weighted by atomic mass is 16.5. The molecule has 2 fully saturated rings. The van der Waals surface area contributed by atoms with Crippen LogP contribution in [-0.4, -0.2) is 11.7 Å². The van der Waals surface area contributed by atoms with Crippen molar-refractivity contribution < 1.29 is 4.52 Å². The van der Waals surface area contributed by atoms with Gasteiger partial charge in [0.05, 0.1) is 6.04 Å². The van der Waals surface area contributed by atoms with Gasteiger partial charge >= 0.3 is 0 Å². The highest BCUT2D eigenvalue weighted by Crippen LogP contribution is 2.32. The first-order chi connectivity index (χ1) is 9.93. The van der Waals surface area contributed by atoms with E-state index in [1.807, 2.05) is 0 Å². The van der Waals surface area contributed by atoms with Crippen LogP contribution in [0.2, 0.25) is 0 Å². The van der Waals surface area contributed by atoms with Crippen LogP contribution in [0.4, 0.5) is 0 Å². The van der Waals surface area contributed by atoms with Crippen molar-refractivity contribution in [3.8, 4) is 0 Å². The van der Waals surface area contributed by atoms with E-state index < -0.39 is 0 Å². The van der Waals surface area contributed by atoms with Crippen molar-refractivity contribution in [1.29, 1.82) is 0 Å². The molecule has 1 aliphatic heterocycles. The molecule has 1 N–H and O–H groups in total. The van der Waals surface area contributed by atoms with Crippen LogP contribution in [0.15, 0.2) is 10.6 Å². The predicted octanol–water partition coefficient (Wildman–Crippen LogP) is 4.71. The minimum Gasteiger partial charge on any atom is -0.361 e. The first-order valence-electron chi connectivity index (χ1n) is 8.63. The lowest BCUT2D eigenvalue weighted by atomic mass is 9.90. The predicted molar refractivity (Wildman–Crippen MR) is 80.8 cm³/mol. The quantitative estimate of drug-likeness (QED) is 0.850. The minimum absolute atomic E-state index is 0.437. The molecular formula is C17H28N2O. The third-order valence-electron chi connectivity index (χ3n) is 4.97. The molecule has 1 aromatic rings. The first-order valence-corrected chi connectivity index (χ1v) is 8.63. The molecule has 3 nitrogen and oxygen atoms in total. The number of nitrogens with zero attached hydrogens (tertiary/aromatic N) is 1. The van der Waals surface area contributed by atoms with Crippen molar-refractivity contribution in [2.45, 2.75) is 82.6 Å². The Labute approximate surface area is 122 Å². The highest BCUT2D eigenvalue weighted by molar-refractivity contribution is 5.14. The Morgan fingerprint density at radius 2 is 1.60 bits per heavy atom.